The highest BCUT2D eigenvalue weighted by Gasteiger charge is 2.19. The average Bonchev–Trinajstić information content (AvgIpc) is 2.89. The standard InChI is InChI=1S/C14H20ClNO2/c15-11-5-7-14(8-6-11)18-10-13(17)9-16-12-3-1-2-4-12/h5-8,12-13,16-17H,1-4,9-10H2/p+1/t13-/m1/s1. The third-order valence-corrected chi connectivity index (χ3v) is 3.65. The summed E-state index contributed by atoms with van der Waals surface area (Å²) >= 11 is 5.79. The Bertz CT molecular complexity index is 349. The van der Waals surface area contributed by atoms with Crippen LogP contribution in [0.4, 0.5) is 0 Å². The van der Waals surface area contributed by atoms with Crippen LogP contribution in [-0.2, 0) is 0 Å². The molecular weight excluding hydrogens is 250 g/mol. The first-order valence-corrected chi connectivity index (χ1v) is 7.01. The first-order chi connectivity index (χ1) is 8.74. The number of quaternary nitrogens is 1. The molecule has 1 aromatic rings. The van der Waals surface area contributed by atoms with Crippen molar-refractivity contribution in [2.24, 2.45) is 0 Å². The van der Waals surface area contributed by atoms with Crippen LogP contribution in [0.15, 0.2) is 24.3 Å². The maximum absolute atomic E-state index is 9.84. The maximum atomic E-state index is 9.84. The lowest BCUT2D eigenvalue weighted by molar-refractivity contribution is -0.693. The Hall–Kier alpha value is -0.770. The van der Waals surface area contributed by atoms with Gasteiger partial charge in [-0.25, -0.2) is 0 Å². The summed E-state index contributed by atoms with van der Waals surface area (Å²) in [6.07, 6.45) is 4.81. The first kappa shape index (κ1) is 13.7. The number of nitrogens with two attached hydrogens (primary N) is 1. The zero-order valence-electron chi connectivity index (χ0n) is 10.5. The van der Waals surface area contributed by atoms with Gasteiger partial charge in [0.2, 0.25) is 0 Å². The van der Waals surface area contributed by atoms with Crippen LogP contribution in [0, 0.1) is 0 Å². The number of hydrogen-bond donors (Lipinski definition) is 2. The zero-order chi connectivity index (χ0) is 12.8. The first-order valence-electron chi connectivity index (χ1n) is 6.64. The summed E-state index contributed by atoms with van der Waals surface area (Å²) in [5.74, 6) is 0.749. The number of ether oxygens (including phenoxy) is 1. The minimum Gasteiger partial charge on any atom is -0.491 e. The summed E-state index contributed by atoms with van der Waals surface area (Å²) < 4.78 is 5.51. The van der Waals surface area contributed by atoms with E-state index in [2.05, 4.69) is 5.32 Å². The Balaban J connectivity index is 1.64. The van der Waals surface area contributed by atoms with Crippen molar-refractivity contribution in [3.63, 3.8) is 0 Å². The molecule has 0 spiro atoms. The molecule has 0 aromatic heterocycles. The third-order valence-electron chi connectivity index (χ3n) is 3.40. The van der Waals surface area contributed by atoms with Crippen LogP contribution in [0.1, 0.15) is 25.7 Å². The van der Waals surface area contributed by atoms with E-state index in [9.17, 15) is 5.11 Å². The molecule has 1 aliphatic carbocycles. The Morgan fingerprint density at radius 3 is 2.61 bits per heavy atom. The van der Waals surface area contributed by atoms with Crippen molar-refractivity contribution in [3.05, 3.63) is 29.3 Å². The molecular formula is C14H21ClNO2+. The number of rotatable bonds is 6. The van der Waals surface area contributed by atoms with Crippen LogP contribution in [0.5, 0.6) is 5.75 Å². The predicted molar refractivity (Wildman–Crippen MR) is 72.0 cm³/mol. The van der Waals surface area contributed by atoms with Gasteiger partial charge in [0.25, 0.3) is 0 Å². The molecule has 0 amide bonds. The fraction of sp³-hybridized carbons (Fsp3) is 0.571. The van der Waals surface area contributed by atoms with E-state index in [-0.39, 0.29) is 0 Å². The van der Waals surface area contributed by atoms with E-state index in [4.69, 9.17) is 16.3 Å². The van der Waals surface area contributed by atoms with Crippen molar-refractivity contribution in [3.8, 4) is 5.75 Å². The van der Waals surface area contributed by atoms with Crippen LogP contribution >= 0.6 is 11.6 Å². The minimum absolute atomic E-state index is 0.338. The Morgan fingerprint density at radius 1 is 1.28 bits per heavy atom. The molecule has 3 nitrogen and oxygen atoms in total. The fourth-order valence-corrected chi connectivity index (χ4v) is 2.46. The van der Waals surface area contributed by atoms with Gasteiger partial charge < -0.3 is 15.2 Å². The normalized spacial score (nSPS) is 17.9. The molecule has 3 N–H and O–H groups in total. The van der Waals surface area contributed by atoms with Crippen LogP contribution in [0.25, 0.3) is 0 Å². The molecule has 2 rings (SSSR count). The molecule has 1 aliphatic rings. The summed E-state index contributed by atoms with van der Waals surface area (Å²) in [6.45, 7) is 1.06. The number of aliphatic hydroxyl groups is 1. The zero-order valence-corrected chi connectivity index (χ0v) is 11.3. The number of halogens is 1. The van der Waals surface area contributed by atoms with Crippen LogP contribution in [0.2, 0.25) is 5.02 Å². The van der Waals surface area contributed by atoms with Gasteiger partial charge in [-0.1, -0.05) is 11.6 Å². The highest BCUT2D eigenvalue weighted by Crippen LogP contribution is 2.16. The van der Waals surface area contributed by atoms with Crippen LogP contribution in [-0.4, -0.2) is 30.4 Å². The molecule has 0 radical (unpaired) electrons. The van der Waals surface area contributed by atoms with Gasteiger partial charge in [-0.15, -0.1) is 0 Å². The predicted octanol–water partition coefficient (Wildman–Crippen LogP) is 1.59. The molecule has 1 atom stereocenters. The molecule has 100 valence electrons. The topological polar surface area (TPSA) is 46.1 Å². The van der Waals surface area contributed by atoms with E-state index < -0.39 is 6.10 Å². The molecule has 1 fully saturated rings. The van der Waals surface area contributed by atoms with E-state index in [1.807, 2.05) is 12.1 Å². The number of aliphatic hydroxyl groups excluding tert-OH is 1. The van der Waals surface area contributed by atoms with E-state index in [1.54, 1.807) is 12.1 Å². The number of benzene rings is 1. The smallest absolute Gasteiger partial charge is 0.137 e. The summed E-state index contributed by atoms with van der Waals surface area (Å²) in [4.78, 5) is 0. The van der Waals surface area contributed by atoms with Gasteiger partial charge in [-0.3, -0.25) is 0 Å². The average molecular weight is 271 g/mol. The van der Waals surface area contributed by atoms with E-state index in [0.717, 1.165) is 12.3 Å². The molecule has 0 heterocycles. The minimum atomic E-state index is -0.415. The second-order valence-corrected chi connectivity index (χ2v) is 5.37. The summed E-state index contributed by atoms with van der Waals surface area (Å²) in [5.41, 5.74) is 0. The second-order valence-electron chi connectivity index (χ2n) is 4.93. The fourth-order valence-electron chi connectivity index (χ4n) is 2.33. The quantitative estimate of drug-likeness (QED) is 0.825. The van der Waals surface area contributed by atoms with Crippen molar-refractivity contribution in [1.29, 1.82) is 0 Å². The highest BCUT2D eigenvalue weighted by molar-refractivity contribution is 6.30. The maximum Gasteiger partial charge on any atom is 0.137 e. The van der Waals surface area contributed by atoms with E-state index in [0.29, 0.717) is 17.7 Å². The van der Waals surface area contributed by atoms with Gasteiger partial charge in [0, 0.05) is 5.02 Å². The van der Waals surface area contributed by atoms with Crippen LogP contribution < -0.4 is 10.1 Å². The lowest BCUT2D eigenvalue weighted by atomic mass is 10.2. The SMILES string of the molecule is O[C@H](C[NH2+]C1CCCC1)COc1ccc(Cl)cc1. The van der Waals surface area contributed by atoms with Crippen molar-refractivity contribution >= 4 is 11.6 Å². The molecule has 0 saturated heterocycles. The lowest BCUT2D eigenvalue weighted by Crippen LogP contribution is -2.91. The summed E-state index contributed by atoms with van der Waals surface area (Å²) in [6, 6.07) is 7.91. The van der Waals surface area contributed by atoms with Crippen molar-refractivity contribution < 1.29 is 15.2 Å². The van der Waals surface area contributed by atoms with Crippen LogP contribution in [0.3, 0.4) is 0 Å². The molecule has 1 saturated carbocycles. The summed E-state index contributed by atoms with van der Waals surface area (Å²) in [5, 5.41) is 12.8. The Kier molecular flexibility index (Phi) is 5.29. The van der Waals surface area contributed by atoms with Gasteiger partial charge in [0.05, 0.1) is 6.04 Å². The van der Waals surface area contributed by atoms with E-state index in [1.165, 1.54) is 25.7 Å². The van der Waals surface area contributed by atoms with E-state index >= 15 is 0 Å². The van der Waals surface area contributed by atoms with Gasteiger partial charge in [-0.05, 0) is 49.9 Å². The van der Waals surface area contributed by atoms with Crippen molar-refractivity contribution in [2.45, 2.75) is 37.8 Å². The molecule has 0 bridgehead atoms. The third kappa shape index (κ3) is 4.48. The molecule has 0 unspecified atom stereocenters. The molecule has 0 aliphatic heterocycles. The highest BCUT2D eigenvalue weighted by atomic mass is 35.5. The molecule has 18 heavy (non-hydrogen) atoms. The monoisotopic (exact) mass is 270 g/mol. The Labute approximate surface area is 113 Å². The van der Waals surface area contributed by atoms with Gasteiger partial charge in [-0.2, -0.15) is 0 Å². The van der Waals surface area contributed by atoms with Crippen molar-refractivity contribution in [2.75, 3.05) is 13.2 Å². The Morgan fingerprint density at radius 2 is 1.94 bits per heavy atom. The number of hydrogen-bond acceptors (Lipinski definition) is 2. The lowest BCUT2D eigenvalue weighted by Gasteiger charge is -2.14. The van der Waals surface area contributed by atoms with Gasteiger partial charge >= 0.3 is 0 Å². The largest absolute Gasteiger partial charge is 0.491 e. The van der Waals surface area contributed by atoms with Gasteiger partial charge in [0.1, 0.15) is 25.0 Å². The molecule has 1 aromatic carbocycles. The van der Waals surface area contributed by atoms with Gasteiger partial charge in [0.15, 0.2) is 0 Å². The second kappa shape index (κ2) is 6.98. The summed E-state index contributed by atoms with van der Waals surface area (Å²) in [7, 11) is 0. The molecule has 4 heteroatoms. The van der Waals surface area contributed by atoms with Crippen molar-refractivity contribution in [1.82, 2.24) is 0 Å².